The van der Waals surface area contributed by atoms with E-state index >= 15 is 0 Å². The van der Waals surface area contributed by atoms with E-state index in [9.17, 15) is 28.1 Å². The van der Waals surface area contributed by atoms with Crippen LogP contribution in [0.2, 0.25) is 0 Å². The van der Waals surface area contributed by atoms with E-state index in [1.165, 1.54) is 24.3 Å². The quantitative estimate of drug-likeness (QED) is 0.194. The average Bonchev–Trinajstić information content (AvgIpc) is 3.46. The molecular weight excluding hydrogens is 527 g/mol. The highest BCUT2D eigenvalue weighted by molar-refractivity contribution is 7.19. The van der Waals surface area contributed by atoms with Crippen molar-refractivity contribution in [1.29, 1.82) is 0 Å². The molecule has 0 aliphatic heterocycles. The number of ether oxygens (including phenoxy) is 1. The maximum absolute atomic E-state index is 12.9. The van der Waals surface area contributed by atoms with Gasteiger partial charge in [-0.25, -0.2) is 4.98 Å². The van der Waals surface area contributed by atoms with Gasteiger partial charge in [0.25, 0.3) is 5.91 Å². The fraction of sp³-hybridized carbons (Fsp3) is 0.200. The van der Waals surface area contributed by atoms with Crippen LogP contribution in [0.3, 0.4) is 0 Å². The molecule has 2 aromatic heterocycles. The lowest BCUT2D eigenvalue weighted by Crippen LogP contribution is -2.10. The zero-order valence-electron chi connectivity index (χ0n) is 19.8. The molecule has 0 atom stereocenters. The number of aromatic nitrogens is 1. The third kappa shape index (κ3) is 6.15. The summed E-state index contributed by atoms with van der Waals surface area (Å²) in [5.41, 5.74) is 1.27. The highest BCUT2D eigenvalue weighted by Crippen LogP contribution is 2.42. The van der Waals surface area contributed by atoms with Crippen molar-refractivity contribution in [3.63, 3.8) is 0 Å². The number of nitrogens with one attached hydrogen (secondary N) is 1. The molecule has 0 saturated carbocycles. The van der Waals surface area contributed by atoms with Gasteiger partial charge in [-0.05, 0) is 41.3 Å². The number of anilines is 1. The molecule has 1 N–H and O–H groups in total. The van der Waals surface area contributed by atoms with Crippen LogP contribution in [0, 0.1) is 10.1 Å². The van der Waals surface area contributed by atoms with Crippen LogP contribution in [-0.4, -0.2) is 15.8 Å². The van der Waals surface area contributed by atoms with Crippen LogP contribution in [0.1, 0.15) is 41.6 Å². The van der Waals surface area contributed by atoms with E-state index in [4.69, 9.17) is 4.74 Å². The molecule has 0 fully saturated rings. The normalized spacial score (nSPS) is 11.8. The molecule has 0 bridgehead atoms. The molecule has 2 heterocycles. The third-order valence-electron chi connectivity index (χ3n) is 5.23. The molecule has 37 heavy (non-hydrogen) atoms. The lowest BCUT2D eigenvalue weighted by atomic mass is 9.86. The Kier molecular flexibility index (Phi) is 7.07. The number of nitro groups is 1. The highest BCUT2D eigenvalue weighted by atomic mass is 32.1. The second-order valence-electron chi connectivity index (χ2n) is 8.96. The Morgan fingerprint density at radius 3 is 2.11 bits per heavy atom. The molecule has 0 radical (unpaired) electrons. The van der Waals surface area contributed by atoms with Crippen molar-refractivity contribution in [2.75, 3.05) is 5.32 Å². The maximum atomic E-state index is 12.9. The minimum atomic E-state index is -4.47. The lowest BCUT2D eigenvalue weighted by Gasteiger charge is -2.19. The van der Waals surface area contributed by atoms with Gasteiger partial charge in [0.15, 0.2) is 5.13 Å². The summed E-state index contributed by atoms with van der Waals surface area (Å²) in [7, 11) is 0. The second-order valence-corrected chi connectivity index (χ2v) is 11.0. The van der Waals surface area contributed by atoms with Crippen LogP contribution in [0.25, 0.3) is 11.3 Å². The number of carbonyl (C=O) groups excluding carboxylic acids is 1. The number of rotatable bonds is 6. The second kappa shape index (κ2) is 9.94. The molecule has 0 aliphatic rings. The molecule has 0 spiro atoms. The number of nitrogens with zero attached hydrogens (tertiary/aromatic N) is 2. The molecular formula is C25H20F3N3O4S2. The van der Waals surface area contributed by atoms with Gasteiger partial charge < -0.3 is 4.74 Å². The van der Waals surface area contributed by atoms with Gasteiger partial charge in [0.05, 0.1) is 15.4 Å². The predicted molar refractivity (Wildman–Crippen MR) is 137 cm³/mol. The standard InChI is InChI=1S/C25H20F3N3O4S2/c1-24(2,3)15-6-4-14(5-7-15)20-22(35-17-10-8-16(9-11-17)25(26,27)28)37-23(29-20)30-21(32)18-12-13-19(36-18)31(33)34/h4-13H,1-3H3,(H,29,30,32). The maximum Gasteiger partial charge on any atom is 0.416 e. The molecule has 12 heteroatoms. The number of hydrogen-bond donors (Lipinski definition) is 1. The number of alkyl halides is 3. The summed E-state index contributed by atoms with van der Waals surface area (Å²) in [5, 5.41) is 13.8. The minimum absolute atomic E-state index is 0.0807. The number of thiazole rings is 1. The van der Waals surface area contributed by atoms with Crippen LogP contribution < -0.4 is 10.1 Å². The number of benzene rings is 2. The Labute approximate surface area is 217 Å². The summed E-state index contributed by atoms with van der Waals surface area (Å²) in [6.07, 6.45) is -4.47. The van der Waals surface area contributed by atoms with E-state index < -0.39 is 22.6 Å². The first-order valence-corrected chi connectivity index (χ1v) is 12.5. The largest absolute Gasteiger partial charge is 0.444 e. The van der Waals surface area contributed by atoms with Gasteiger partial charge in [-0.15, -0.1) is 0 Å². The molecule has 192 valence electrons. The predicted octanol–water partition coefficient (Wildman–Crippen LogP) is 8.14. The minimum Gasteiger partial charge on any atom is -0.444 e. The fourth-order valence-corrected chi connectivity index (χ4v) is 4.83. The Morgan fingerprint density at radius 2 is 1.57 bits per heavy atom. The summed E-state index contributed by atoms with van der Waals surface area (Å²) in [6, 6.07) is 14.4. The average molecular weight is 548 g/mol. The Morgan fingerprint density at radius 1 is 0.946 bits per heavy atom. The summed E-state index contributed by atoms with van der Waals surface area (Å²) < 4.78 is 44.7. The zero-order chi connectivity index (χ0) is 27.0. The van der Waals surface area contributed by atoms with Crippen LogP contribution in [0.4, 0.5) is 23.3 Å². The molecule has 4 rings (SSSR count). The van der Waals surface area contributed by atoms with Crippen LogP contribution in [0.15, 0.2) is 60.7 Å². The van der Waals surface area contributed by atoms with Gasteiger partial charge in [0.2, 0.25) is 5.06 Å². The smallest absolute Gasteiger partial charge is 0.416 e. The summed E-state index contributed by atoms with van der Waals surface area (Å²) in [4.78, 5) is 27.6. The van der Waals surface area contributed by atoms with Crippen molar-refractivity contribution in [1.82, 2.24) is 4.98 Å². The zero-order valence-corrected chi connectivity index (χ0v) is 21.4. The summed E-state index contributed by atoms with van der Waals surface area (Å²) >= 11 is 1.72. The van der Waals surface area contributed by atoms with Gasteiger partial charge in [-0.3, -0.25) is 20.2 Å². The first-order valence-electron chi connectivity index (χ1n) is 10.8. The van der Waals surface area contributed by atoms with Gasteiger partial charge >= 0.3 is 11.2 Å². The lowest BCUT2D eigenvalue weighted by molar-refractivity contribution is -0.380. The number of hydrogen-bond acceptors (Lipinski definition) is 7. The van der Waals surface area contributed by atoms with Crippen molar-refractivity contribution < 1.29 is 27.6 Å². The Bertz CT molecular complexity index is 1440. The van der Waals surface area contributed by atoms with Crippen LogP contribution >= 0.6 is 22.7 Å². The van der Waals surface area contributed by atoms with Crippen molar-refractivity contribution in [3.05, 3.63) is 86.8 Å². The van der Waals surface area contributed by atoms with E-state index in [-0.39, 0.29) is 31.2 Å². The molecule has 7 nitrogen and oxygen atoms in total. The van der Waals surface area contributed by atoms with Crippen molar-refractivity contribution in [2.24, 2.45) is 0 Å². The summed E-state index contributed by atoms with van der Waals surface area (Å²) in [6.45, 7) is 6.23. The molecule has 4 aromatic rings. The topological polar surface area (TPSA) is 94.4 Å². The molecule has 0 unspecified atom stereocenters. The molecule has 0 aliphatic carbocycles. The van der Waals surface area contributed by atoms with Crippen molar-refractivity contribution >= 4 is 38.7 Å². The number of halogens is 3. The monoisotopic (exact) mass is 547 g/mol. The Balaban J connectivity index is 1.66. The molecule has 2 aromatic carbocycles. The number of carbonyl (C=O) groups is 1. The highest BCUT2D eigenvalue weighted by Gasteiger charge is 2.30. The summed E-state index contributed by atoms with van der Waals surface area (Å²) in [5.74, 6) is -0.418. The molecule has 0 saturated heterocycles. The Hall–Kier alpha value is -3.77. The van der Waals surface area contributed by atoms with E-state index in [0.29, 0.717) is 11.3 Å². The van der Waals surface area contributed by atoms with Crippen LogP contribution in [0.5, 0.6) is 10.8 Å². The van der Waals surface area contributed by atoms with E-state index in [2.05, 4.69) is 31.1 Å². The van der Waals surface area contributed by atoms with Crippen molar-refractivity contribution in [2.45, 2.75) is 32.4 Å². The van der Waals surface area contributed by atoms with Gasteiger partial charge in [-0.2, -0.15) is 13.2 Å². The van der Waals surface area contributed by atoms with Gasteiger partial charge in [0.1, 0.15) is 11.4 Å². The van der Waals surface area contributed by atoms with Crippen LogP contribution in [-0.2, 0) is 11.6 Å². The van der Waals surface area contributed by atoms with Crippen molar-refractivity contribution in [3.8, 4) is 22.1 Å². The van der Waals surface area contributed by atoms with Gasteiger partial charge in [-0.1, -0.05) is 67.7 Å². The first kappa shape index (κ1) is 26.3. The number of amides is 1. The third-order valence-corrected chi connectivity index (χ3v) is 7.11. The first-order chi connectivity index (χ1) is 17.3. The van der Waals surface area contributed by atoms with E-state index in [1.807, 2.05) is 24.3 Å². The van der Waals surface area contributed by atoms with Gasteiger partial charge in [0, 0.05) is 11.6 Å². The SMILES string of the molecule is CC(C)(C)c1ccc(-c2nc(NC(=O)c3ccc([N+](=O)[O-])s3)sc2Oc2ccc(C(F)(F)F)cc2)cc1. The fourth-order valence-electron chi connectivity index (χ4n) is 3.26. The molecule has 1 amide bonds. The number of thiophene rings is 1. The van der Waals surface area contributed by atoms with E-state index in [1.54, 1.807) is 0 Å². The van der Waals surface area contributed by atoms with E-state index in [0.717, 1.165) is 40.4 Å².